The Morgan fingerprint density at radius 2 is 2.05 bits per heavy atom. The second kappa shape index (κ2) is 7.36. The number of phenols is 1. The van der Waals surface area contributed by atoms with Crippen molar-refractivity contribution in [3.63, 3.8) is 0 Å². The molecule has 4 heteroatoms. The minimum atomic E-state index is 0.298. The first-order valence-electron chi connectivity index (χ1n) is 7.09. The van der Waals surface area contributed by atoms with E-state index >= 15 is 0 Å². The number of nitrogens with zero attached hydrogens (tertiary/aromatic N) is 1. The zero-order valence-electron chi connectivity index (χ0n) is 11.7. The maximum atomic E-state index is 9.99. The molecule has 2 N–H and O–H groups in total. The number of piperazine rings is 1. The van der Waals surface area contributed by atoms with E-state index in [1.807, 2.05) is 12.1 Å². The van der Waals surface area contributed by atoms with Gasteiger partial charge in [-0.3, -0.25) is 0 Å². The summed E-state index contributed by atoms with van der Waals surface area (Å²) >= 11 is 0. The first-order valence-corrected chi connectivity index (χ1v) is 7.09. The molecular formula is C15H24N2O2. The minimum Gasteiger partial charge on any atom is -0.504 e. The second-order valence-electron chi connectivity index (χ2n) is 5.02. The number of aryl methyl sites for hydroxylation is 1. The molecule has 0 radical (unpaired) electrons. The first kappa shape index (κ1) is 14.2. The first-order chi connectivity index (χ1) is 9.31. The molecule has 0 saturated carbocycles. The molecular weight excluding hydrogens is 240 g/mol. The third-order valence-corrected chi connectivity index (χ3v) is 3.68. The third kappa shape index (κ3) is 4.11. The van der Waals surface area contributed by atoms with Gasteiger partial charge >= 0.3 is 0 Å². The molecule has 0 aromatic heterocycles. The fourth-order valence-electron chi connectivity index (χ4n) is 2.52. The van der Waals surface area contributed by atoms with Crippen LogP contribution in [0.15, 0.2) is 18.2 Å². The van der Waals surface area contributed by atoms with Gasteiger partial charge in [0.2, 0.25) is 0 Å². The molecule has 1 saturated heterocycles. The number of aromatic hydroxyl groups is 1. The highest BCUT2D eigenvalue weighted by Crippen LogP contribution is 2.30. The highest BCUT2D eigenvalue weighted by Gasteiger charge is 2.10. The Morgan fingerprint density at radius 3 is 2.79 bits per heavy atom. The Kier molecular flexibility index (Phi) is 5.48. The quantitative estimate of drug-likeness (QED) is 0.767. The van der Waals surface area contributed by atoms with Crippen molar-refractivity contribution in [2.24, 2.45) is 0 Å². The number of hydrogen-bond acceptors (Lipinski definition) is 4. The monoisotopic (exact) mass is 264 g/mol. The molecule has 4 nitrogen and oxygen atoms in total. The molecule has 1 heterocycles. The molecule has 0 unspecified atom stereocenters. The van der Waals surface area contributed by atoms with Crippen molar-refractivity contribution in [2.45, 2.75) is 19.3 Å². The number of benzene rings is 1. The summed E-state index contributed by atoms with van der Waals surface area (Å²) in [7, 11) is 1.59. The summed E-state index contributed by atoms with van der Waals surface area (Å²) in [6.07, 6.45) is 3.19. The topological polar surface area (TPSA) is 44.7 Å². The van der Waals surface area contributed by atoms with Crippen molar-refractivity contribution in [3.8, 4) is 11.5 Å². The maximum absolute atomic E-state index is 9.99. The molecule has 106 valence electrons. The Balaban J connectivity index is 1.73. The summed E-state index contributed by atoms with van der Waals surface area (Å²) in [5.41, 5.74) is 0.986. The van der Waals surface area contributed by atoms with Crippen LogP contribution >= 0.6 is 0 Å². The van der Waals surface area contributed by atoms with E-state index < -0.39 is 0 Å². The Bertz CT molecular complexity index is 390. The van der Waals surface area contributed by atoms with Crippen LogP contribution in [0.5, 0.6) is 11.5 Å². The number of nitrogens with one attached hydrogen (secondary N) is 1. The van der Waals surface area contributed by atoms with Crippen LogP contribution in [0.1, 0.15) is 18.4 Å². The van der Waals surface area contributed by atoms with Gasteiger partial charge in [0, 0.05) is 26.2 Å². The molecule has 1 aromatic rings. The van der Waals surface area contributed by atoms with E-state index in [9.17, 15) is 5.11 Å². The van der Waals surface area contributed by atoms with Gasteiger partial charge in [-0.1, -0.05) is 12.1 Å². The predicted octanol–water partition coefficient (Wildman–Crippen LogP) is 1.63. The number of para-hydroxylation sites is 1. The molecule has 1 aliphatic heterocycles. The molecule has 1 aromatic carbocycles. The van der Waals surface area contributed by atoms with Gasteiger partial charge in [-0.25, -0.2) is 0 Å². The van der Waals surface area contributed by atoms with Crippen LogP contribution in [-0.4, -0.2) is 49.8 Å². The minimum absolute atomic E-state index is 0.298. The van der Waals surface area contributed by atoms with E-state index in [2.05, 4.69) is 10.2 Å². The van der Waals surface area contributed by atoms with Gasteiger partial charge in [0.15, 0.2) is 11.5 Å². The summed E-state index contributed by atoms with van der Waals surface area (Å²) in [6, 6.07) is 5.70. The zero-order valence-corrected chi connectivity index (χ0v) is 11.7. The second-order valence-corrected chi connectivity index (χ2v) is 5.02. The highest BCUT2D eigenvalue weighted by atomic mass is 16.5. The summed E-state index contributed by atoms with van der Waals surface area (Å²) < 4.78 is 5.12. The van der Waals surface area contributed by atoms with E-state index in [1.54, 1.807) is 13.2 Å². The van der Waals surface area contributed by atoms with Gasteiger partial charge in [0.1, 0.15) is 0 Å². The normalized spacial score (nSPS) is 16.5. The number of methoxy groups -OCH3 is 1. The third-order valence-electron chi connectivity index (χ3n) is 3.68. The number of phenolic OH excluding ortho intramolecular Hbond substituents is 1. The van der Waals surface area contributed by atoms with Crippen LogP contribution in [0, 0.1) is 0 Å². The van der Waals surface area contributed by atoms with Crippen molar-refractivity contribution < 1.29 is 9.84 Å². The van der Waals surface area contributed by atoms with Gasteiger partial charge in [-0.15, -0.1) is 0 Å². The van der Waals surface area contributed by atoms with Crippen LogP contribution in [0.25, 0.3) is 0 Å². The fourth-order valence-corrected chi connectivity index (χ4v) is 2.52. The molecule has 0 aliphatic carbocycles. The van der Waals surface area contributed by atoms with Crippen LogP contribution in [0.2, 0.25) is 0 Å². The molecule has 2 rings (SSSR count). The van der Waals surface area contributed by atoms with E-state index in [0.29, 0.717) is 11.5 Å². The van der Waals surface area contributed by atoms with E-state index in [1.165, 1.54) is 6.42 Å². The summed E-state index contributed by atoms with van der Waals surface area (Å²) in [5.74, 6) is 0.867. The van der Waals surface area contributed by atoms with Gasteiger partial charge in [-0.05, 0) is 37.4 Å². The SMILES string of the molecule is COc1cccc(CCCCN2CCNCC2)c1O. The number of unbranched alkanes of at least 4 members (excludes halogenated alkanes) is 1. The lowest BCUT2D eigenvalue weighted by molar-refractivity contribution is 0.236. The smallest absolute Gasteiger partial charge is 0.160 e. The Hall–Kier alpha value is -1.26. The van der Waals surface area contributed by atoms with Gasteiger partial charge in [0.05, 0.1) is 7.11 Å². The van der Waals surface area contributed by atoms with Crippen molar-refractivity contribution in [1.82, 2.24) is 10.2 Å². The fraction of sp³-hybridized carbons (Fsp3) is 0.600. The molecule has 0 spiro atoms. The summed E-state index contributed by atoms with van der Waals surface area (Å²) in [6.45, 7) is 5.69. The zero-order chi connectivity index (χ0) is 13.5. The number of ether oxygens (including phenoxy) is 1. The van der Waals surface area contributed by atoms with Gasteiger partial charge in [0.25, 0.3) is 0 Å². The number of hydrogen-bond donors (Lipinski definition) is 2. The van der Waals surface area contributed by atoms with E-state index in [4.69, 9.17) is 4.74 Å². The lowest BCUT2D eigenvalue weighted by Crippen LogP contribution is -2.43. The molecule has 0 atom stereocenters. The lowest BCUT2D eigenvalue weighted by atomic mass is 10.1. The van der Waals surface area contributed by atoms with E-state index in [-0.39, 0.29) is 0 Å². The van der Waals surface area contributed by atoms with Crippen molar-refractivity contribution >= 4 is 0 Å². The summed E-state index contributed by atoms with van der Waals surface area (Å²) in [5, 5.41) is 13.4. The van der Waals surface area contributed by atoms with Crippen molar-refractivity contribution in [1.29, 1.82) is 0 Å². The molecule has 0 amide bonds. The molecule has 1 aliphatic rings. The summed E-state index contributed by atoms with van der Waals surface area (Å²) in [4.78, 5) is 2.50. The molecule has 0 bridgehead atoms. The van der Waals surface area contributed by atoms with Crippen LogP contribution < -0.4 is 10.1 Å². The van der Waals surface area contributed by atoms with Crippen LogP contribution in [-0.2, 0) is 6.42 Å². The Morgan fingerprint density at radius 1 is 1.26 bits per heavy atom. The average molecular weight is 264 g/mol. The molecule has 1 fully saturated rings. The standard InChI is InChI=1S/C15H24N2O2/c1-19-14-7-4-6-13(15(14)18)5-2-3-10-17-11-8-16-9-12-17/h4,6-7,16,18H,2-3,5,8-12H2,1H3. The van der Waals surface area contributed by atoms with Gasteiger partial charge < -0.3 is 20.1 Å². The lowest BCUT2D eigenvalue weighted by Gasteiger charge is -2.27. The maximum Gasteiger partial charge on any atom is 0.160 e. The van der Waals surface area contributed by atoms with E-state index in [0.717, 1.165) is 51.1 Å². The number of rotatable bonds is 6. The van der Waals surface area contributed by atoms with Crippen molar-refractivity contribution in [2.75, 3.05) is 39.8 Å². The predicted molar refractivity (Wildman–Crippen MR) is 76.9 cm³/mol. The average Bonchev–Trinajstić information content (AvgIpc) is 2.46. The largest absolute Gasteiger partial charge is 0.504 e. The Labute approximate surface area is 115 Å². The molecule has 19 heavy (non-hydrogen) atoms. The van der Waals surface area contributed by atoms with Gasteiger partial charge in [-0.2, -0.15) is 0 Å². The van der Waals surface area contributed by atoms with Crippen molar-refractivity contribution in [3.05, 3.63) is 23.8 Å². The van der Waals surface area contributed by atoms with Crippen LogP contribution in [0.4, 0.5) is 0 Å². The van der Waals surface area contributed by atoms with Crippen LogP contribution in [0.3, 0.4) is 0 Å². The highest BCUT2D eigenvalue weighted by molar-refractivity contribution is 5.45.